The van der Waals surface area contributed by atoms with Crippen molar-refractivity contribution in [3.8, 4) is 11.4 Å². The van der Waals surface area contributed by atoms with Crippen molar-refractivity contribution in [2.45, 2.75) is 31.0 Å². The third-order valence-corrected chi connectivity index (χ3v) is 5.45. The summed E-state index contributed by atoms with van der Waals surface area (Å²) in [7, 11) is 0. The zero-order valence-electron chi connectivity index (χ0n) is 18.8. The van der Waals surface area contributed by atoms with Crippen LogP contribution in [0.2, 0.25) is 0 Å². The van der Waals surface area contributed by atoms with Crippen molar-refractivity contribution in [1.82, 2.24) is 23.9 Å². The molecule has 0 aliphatic rings. The van der Waals surface area contributed by atoms with Crippen molar-refractivity contribution in [3.05, 3.63) is 95.2 Å². The van der Waals surface area contributed by atoms with Gasteiger partial charge in [0.05, 0.1) is 25.1 Å². The molecule has 0 amide bonds. The van der Waals surface area contributed by atoms with Crippen molar-refractivity contribution in [2.24, 2.45) is 0 Å². The Bertz CT molecular complexity index is 1410. The van der Waals surface area contributed by atoms with E-state index in [1.165, 1.54) is 47.6 Å². The summed E-state index contributed by atoms with van der Waals surface area (Å²) in [6.45, 7) is -2.30. The van der Waals surface area contributed by atoms with Gasteiger partial charge in [-0.1, -0.05) is 6.07 Å². The fourth-order valence-electron chi connectivity index (χ4n) is 3.59. The van der Waals surface area contributed by atoms with Gasteiger partial charge in [0.25, 0.3) is 0 Å². The van der Waals surface area contributed by atoms with Crippen LogP contribution in [0.4, 0.5) is 26.3 Å². The molecule has 37 heavy (non-hydrogen) atoms. The van der Waals surface area contributed by atoms with E-state index in [9.17, 15) is 36.2 Å². The lowest BCUT2D eigenvalue weighted by Crippen LogP contribution is -2.40. The van der Waals surface area contributed by atoms with Crippen LogP contribution in [-0.2, 0) is 18.7 Å². The average molecular weight is 527 g/mol. The molecular weight excluding hydrogens is 508 g/mol. The average Bonchev–Trinajstić information content (AvgIpc) is 3.47. The second-order valence-electron chi connectivity index (χ2n) is 8.18. The van der Waals surface area contributed by atoms with Crippen molar-refractivity contribution in [2.75, 3.05) is 6.61 Å². The Morgan fingerprint density at radius 1 is 1.03 bits per heavy atom. The number of nitrogens with zero attached hydrogens (tertiary/aromatic N) is 5. The summed E-state index contributed by atoms with van der Waals surface area (Å²) in [5, 5.41) is 15.4. The minimum absolute atomic E-state index is 0.133. The lowest BCUT2D eigenvalue weighted by molar-refractivity contribution is -0.148. The topological polar surface area (TPSA) is 87.1 Å². The first kappa shape index (κ1) is 26.0. The van der Waals surface area contributed by atoms with Crippen LogP contribution in [0.3, 0.4) is 0 Å². The zero-order valence-corrected chi connectivity index (χ0v) is 18.8. The molecule has 0 aliphatic carbocycles. The Balaban J connectivity index is 1.58. The number of ether oxygens (including phenoxy) is 1. The molecule has 4 aromatic rings. The molecule has 14 heteroatoms. The van der Waals surface area contributed by atoms with Gasteiger partial charge < -0.3 is 14.4 Å². The van der Waals surface area contributed by atoms with E-state index in [0.29, 0.717) is 6.07 Å². The van der Waals surface area contributed by atoms with E-state index in [1.54, 1.807) is 0 Å². The first-order chi connectivity index (χ1) is 17.5. The monoisotopic (exact) mass is 527 g/mol. The summed E-state index contributed by atoms with van der Waals surface area (Å²) in [5.74, 6) is -6.33. The summed E-state index contributed by atoms with van der Waals surface area (Å²) >= 11 is 0. The minimum Gasteiger partial charge on any atom is -0.487 e. The standard InChI is InChI=1S/C23H19F6N5O3/c24-15-1-6-18(19(25)9-15)22(36,10-32-8-7-30-13-32)11-34-21(35)33(14-31-34)16-2-4-17(5-3-16)37-12-23(28,29)20(26)27/h1-9,13-14,20,36H,10-12H2. The number of hydrogen-bond donors (Lipinski definition) is 1. The van der Waals surface area contributed by atoms with Crippen LogP contribution in [-0.4, -0.2) is 48.0 Å². The van der Waals surface area contributed by atoms with Crippen LogP contribution in [0, 0.1) is 11.6 Å². The summed E-state index contributed by atoms with van der Waals surface area (Å²) in [6.07, 6.45) is 1.54. The van der Waals surface area contributed by atoms with Gasteiger partial charge in [0, 0.05) is 24.0 Å². The Hall–Kier alpha value is -4.07. The molecule has 1 N–H and O–H groups in total. The molecule has 2 aromatic carbocycles. The number of hydrogen-bond acceptors (Lipinski definition) is 5. The molecule has 0 radical (unpaired) electrons. The normalized spacial score (nSPS) is 13.6. The molecule has 0 spiro atoms. The number of imidazole rings is 1. The third kappa shape index (κ3) is 5.69. The highest BCUT2D eigenvalue weighted by Crippen LogP contribution is 2.28. The van der Waals surface area contributed by atoms with Crippen molar-refractivity contribution >= 4 is 0 Å². The summed E-state index contributed by atoms with van der Waals surface area (Å²) in [6, 6.07) is 7.66. The fourth-order valence-corrected chi connectivity index (χ4v) is 3.59. The quantitative estimate of drug-likeness (QED) is 0.320. The molecule has 2 heterocycles. The van der Waals surface area contributed by atoms with E-state index in [0.717, 1.165) is 27.7 Å². The van der Waals surface area contributed by atoms with E-state index in [4.69, 9.17) is 4.74 Å². The number of benzene rings is 2. The molecular formula is C23H19F6N5O3. The van der Waals surface area contributed by atoms with Gasteiger partial charge in [-0.15, -0.1) is 0 Å². The van der Waals surface area contributed by atoms with Crippen LogP contribution in [0.5, 0.6) is 5.75 Å². The Labute approximate surface area is 205 Å². The molecule has 0 saturated heterocycles. The number of rotatable bonds is 10. The van der Waals surface area contributed by atoms with E-state index in [-0.39, 0.29) is 23.5 Å². The molecule has 196 valence electrons. The lowest BCUT2D eigenvalue weighted by atomic mass is 9.92. The molecule has 2 aromatic heterocycles. The van der Waals surface area contributed by atoms with Crippen molar-refractivity contribution < 1.29 is 36.2 Å². The highest BCUT2D eigenvalue weighted by Gasteiger charge is 2.41. The van der Waals surface area contributed by atoms with Crippen LogP contribution >= 0.6 is 0 Å². The highest BCUT2D eigenvalue weighted by molar-refractivity contribution is 5.37. The van der Waals surface area contributed by atoms with E-state index < -0.39 is 48.4 Å². The molecule has 4 rings (SSSR count). The van der Waals surface area contributed by atoms with Gasteiger partial charge in [0.1, 0.15) is 29.3 Å². The van der Waals surface area contributed by atoms with Crippen molar-refractivity contribution in [1.29, 1.82) is 0 Å². The third-order valence-electron chi connectivity index (χ3n) is 5.45. The largest absolute Gasteiger partial charge is 0.487 e. The van der Waals surface area contributed by atoms with Gasteiger partial charge in [0.2, 0.25) is 0 Å². The number of alkyl halides is 4. The SMILES string of the molecule is O=c1n(-c2ccc(OCC(F)(F)C(F)F)cc2)cnn1CC(O)(Cn1ccnc1)c1ccc(F)cc1F. The summed E-state index contributed by atoms with van der Waals surface area (Å²) in [5.41, 5.74) is -2.85. The Morgan fingerprint density at radius 3 is 2.38 bits per heavy atom. The van der Waals surface area contributed by atoms with E-state index >= 15 is 0 Å². The first-order valence-electron chi connectivity index (χ1n) is 10.7. The van der Waals surface area contributed by atoms with Crippen LogP contribution in [0.25, 0.3) is 5.69 Å². The maximum atomic E-state index is 14.6. The number of aliphatic hydroxyl groups is 1. The molecule has 0 bridgehead atoms. The van der Waals surface area contributed by atoms with Gasteiger partial charge in [-0.2, -0.15) is 13.9 Å². The maximum absolute atomic E-state index is 14.6. The zero-order chi connectivity index (χ0) is 26.8. The molecule has 0 fully saturated rings. The highest BCUT2D eigenvalue weighted by atomic mass is 19.3. The maximum Gasteiger partial charge on any atom is 0.350 e. The Morgan fingerprint density at radius 2 is 1.76 bits per heavy atom. The smallest absolute Gasteiger partial charge is 0.350 e. The van der Waals surface area contributed by atoms with Gasteiger partial charge in [-0.25, -0.2) is 36.6 Å². The fraction of sp³-hybridized carbons (Fsp3) is 0.261. The molecule has 0 aliphatic heterocycles. The summed E-state index contributed by atoms with van der Waals surface area (Å²) < 4.78 is 86.8. The predicted molar refractivity (Wildman–Crippen MR) is 117 cm³/mol. The van der Waals surface area contributed by atoms with Crippen LogP contribution < -0.4 is 10.4 Å². The van der Waals surface area contributed by atoms with Crippen molar-refractivity contribution in [3.63, 3.8) is 0 Å². The molecule has 1 atom stereocenters. The summed E-state index contributed by atoms with van der Waals surface area (Å²) in [4.78, 5) is 16.9. The molecule has 1 unspecified atom stereocenters. The minimum atomic E-state index is -4.33. The predicted octanol–water partition coefficient (Wildman–Crippen LogP) is 3.38. The van der Waals surface area contributed by atoms with Gasteiger partial charge in [-0.3, -0.25) is 0 Å². The van der Waals surface area contributed by atoms with Crippen LogP contribution in [0.15, 0.2) is 72.3 Å². The van der Waals surface area contributed by atoms with Crippen LogP contribution in [0.1, 0.15) is 5.56 Å². The van der Waals surface area contributed by atoms with Gasteiger partial charge in [-0.05, 0) is 30.3 Å². The second-order valence-corrected chi connectivity index (χ2v) is 8.18. The van der Waals surface area contributed by atoms with E-state index in [2.05, 4.69) is 10.1 Å². The number of aromatic nitrogens is 5. The molecule has 8 nitrogen and oxygen atoms in total. The van der Waals surface area contributed by atoms with Gasteiger partial charge in [0.15, 0.2) is 6.61 Å². The lowest BCUT2D eigenvalue weighted by Gasteiger charge is -2.29. The second kappa shape index (κ2) is 10.1. The van der Waals surface area contributed by atoms with E-state index in [1.807, 2.05) is 0 Å². The Kier molecular flexibility index (Phi) is 7.12. The molecule has 0 saturated carbocycles. The van der Waals surface area contributed by atoms with Gasteiger partial charge >= 0.3 is 18.0 Å². The number of halogens is 6. The first-order valence-corrected chi connectivity index (χ1v) is 10.7.